The van der Waals surface area contributed by atoms with Gasteiger partial charge < -0.3 is 20.5 Å². The molecule has 2 bridgehead atoms. The molecule has 0 amide bonds. The lowest BCUT2D eigenvalue weighted by Gasteiger charge is -2.50. The molecule has 3 N–H and O–H groups in total. The number of aliphatic hydroxyl groups is 1. The van der Waals surface area contributed by atoms with Crippen molar-refractivity contribution in [1.82, 2.24) is 10.6 Å². The third-order valence-electron chi connectivity index (χ3n) is 3.53. The fraction of sp³-hybridized carbons (Fsp3) is 0.417. The Hall–Kier alpha value is -1.33. The lowest BCUT2D eigenvalue weighted by molar-refractivity contribution is -0.0564. The van der Waals surface area contributed by atoms with Gasteiger partial charge in [0.15, 0.2) is 10.8 Å². The van der Waals surface area contributed by atoms with E-state index in [0.29, 0.717) is 5.11 Å². The Labute approximate surface area is 105 Å². The van der Waals surface area contributed by atoms with Gasteiger partial charge in [-0.15, -0.1) is 0 Å². The van der Waals surface area contributed by atoms with Crippen molar-refractivity contribution in [3.05, 3.63) is 29.8 Å². The first-order chi connectivity index (χ1) is 8.14. The highest BCUT2D eigenvalue weighted by atomic mass is 32.1. The predicted octanol–water partition coefficient (Wildman–Crippen LogP) is 0.922. The van der Waals surface area contributed by atoms with E-state index in [4.69, 9.17) is 17.0 Å². The summed E-state index contributed by atoms with van der Waals surface area (Å²) in [5, 5.41) is 16.5. The van der Waals surface area contributed by atoms with Gasteiger partial charge in [-0.25, -0.2) is 0 Å². The minimum absolute atomic E-state index is 0.00343. The molecule has 0 spiro atoms. The Balaban J connectivity index is 2.13. The van der Waals surface area contributed by atoms with Crippen molar-refractivity contribution in [2.24, 2.45) is 5.92 Å². The van der Waals surface area contributed by atoms with Crippen molar-refractivity contribution in [2.75, 3.05) is 6.61 Å². The SMILES string of the molecule is C[C@]12NC(=S)N[C@H](c3ccccc3O1)[C@H]2CO. The Morgan fingerprint density at radius 1 is 1.47 bits per heavy atom. The van der Waals surface area contributed by atoms with Crippen LogP contribution in [-0.2, 0) is 0 Å². The summed E-state index contributed by atoms with van der Waals surface area (Å²) in [4.78, 5) is 0. The molecule has 2 heterocycles. The number of thiocarbonyl (C=S) groups is 1. The summed E-state index contributed by atoms with van der Waals surface area (Å²) in [6, 6.07) is 7.85. The first-order valence-electron chi connectivity index (χ1n) is 5.61. The molecule has 4 nitrogen and oxygen atoms in total. The van der Waals surface area contributed by atoms with Gasteiger partial charge in [0.05, 0.1) is 18.6 Å². The number of hydrogen-bond donors (Lipinski definition) is 3. The van der Waals surface area contributed by atoms with Gasteiger partial charge in [0.25, 0.3) is 0 Å². The van der Waals surface area contributed by atoms with Crippen LogP contribution >= 0.6 is 12.2 Å². The number of hydrogen-bond acceptors (Lipinski definition) is 3. The molecular formula is C12H14N2O2S. The lowest BCUT2D eigenvalue weighted by atomic mass is 9.81. The molecule has 3 atom stereocenters. The third-order valence-corrected chi connectivity index (χ3v) is 3.75. The third kappa shape index (κ3) is 1.50. The zero-order chi connectivity index (χ0) is 12.0. The van der Waals surface area contributed by atoms with Crippen molar-refractivity contribution in [1.29, 1.82) is 0 Å². The minimum atomic E-state index is -0.643. The summed E-state index contributed by atoms with van der Waals surface area (Å²) in [6.45, 7) is 1.96. The molecule has 0 unspecified atom stereocenters. The van der Waals surface area contributed by atoms with Crippen LogP contribution in [0.4, 0.5) is 0 Å². The van der Waals surface area contributed by atoms with Crippen LogP contribution in [0.3, 0.4) is 0 Å². The van der Waals surface area contributed by atoms with E-state index in [0.717, 1.165) is 11.3 Å². The first kappa shape index (κ1) is 10.8. The van der Waals surface area contributed by atoms with Crippen LogP contribution in [0.15, 0.2) is 24.3 Å². The molecule has 1 aromatic rings. The second-order valence-corrected chi connectivity index (χ2v) is 5.02. The van der Waals surface area contributed by atoms with E-state index in [-0.39, 0.29) is 18.6 Å². The quantitative estimate of drug-likeness (QED) is 0.647. The topological polar surface area (TPSA) is 53.5 Å². The average Bonchev–Trinajstić information content (AvgIpc) is 2.27. The Kier molecular flexibility index (Phi) is 2.27. The maximum Gasteiger partial charge on any atom is 0.186 e. The molecular weight excluding hydrogens is 236 g/mol. The highest BCUT2D eigenvalue weighted by Gasteiger charge is 2.50. The number of para-hydroxylation sites is 1. The largest absolute Gasteiger partial charge is 0.468 e. The molecule has 0 saturated carbocycles. The fourth-order valence-electron chi connectivity index (χ4n) is 2.65. The summed E-state index contributed by atoms with van der Waals surface area (Å²) in [7, 11) is 0. The van der Waals surface area contributed by atoms with Crippen LogP contribution in [0.2, 0.25) is 0 Å². The normalized spacial score (nSPS) is 34.1. The van der Waals surface area contributed by atoms with Gasteiger partial charge in [-0.3, -0.25) is 0 Å². The maximum absolute atomic E-state index is 9.57. The van der Waals surface area contributed by atoms with Crippen LogP contribution in [0.25, 0.3) is 0 Å². The van der Waals surface area contributed by atoms with E-state index in [1.54, 1.807) is 0 Å². The summed E-state index contributed by atoms with van der Waals surface area (Å²) in [6.07, 6.45) is 0. The van der Waals surface area contributed by atoms with E-state index in [1.165, 1.54) is 0 Å². The second-order valence-electron chi connectivity index (χ2n) is 4.61. The molecule has 5 heteroatoms. The minimum Gasteiger partial charge on any atom is -0.468 e. The highest BCUT2D eigenvalue weighted by Crippen LogP contribution is 2.44. The Morgan fingerprint density at radius 2 is 2.24 bits per heavy atom. The molecule has 0 radical (unpaired) electrons. The molecule has 2 aliphatic heterocycles. The van der Waals surface area contributed by atoms with Gasteiger partial charge in [0.2, 0.25) is 0 Å². The maximum atomic E-state index is 9.57. The van der Waals surface area contributed by atoms with E-state index in [9.17, 15) is 5.11 Å². The van der Waals surface area contributed by atoms with Gasteiger partial charge in [-0.2, -0.15) is 0 Å². The van der Waals surface area contributed by atoms with E-state index in [2.05, 4.69) is 10.6 Å². The van der Waals surface area contributed by atoms with Crippen LogP contribution in [-0.4, -0.2) is 22.6 Å². The number of nitrogens with one attached hydrogen (secondary N) is 2. The van der Waals surface area contributed by atoms with Crippen molar-refractivity contribution in [3.63, 3.8) is 0 Å². The first-order valence-corrected chi connectivity index (χ1v) is 6.02. The average molecular weight is 250 g/mol. The number of fused-ring (bicyclic) bond motifs is 4. The number of ether oxygens (including phenoxy) is 1. The summed E-state index contributed by atoms with van der Waals surface area (Å²) in [5.74, 6) is 0.774. The molecule has 3 rings (SSSR count). The molecule has 2 aliphatic rings. The fourth-order valence-corrected chi connectivity index (χ4v) is 2.98. The van der Waals surface area contributed by atoms with Crippen molar-refractivity contribution in [3.8, 4) is 5.75 Å². The lowest BCUT2D eigenvalue weighted by Crippen LogP contribution is -2.68. The van der Waals surface area contributed by atoms with Gasteiger partial charge in [0.1, 0.15) is 5.75 Å². The monoisotopic (exact) mass is 250 g/mol. The number of aliphatic hydroxyl groups excluding tert-OH is 1. The summed E-state index contributed by atoms with van der Waals surface area (Å²) < 4.78 is 5.97. The van der Waals surface area contributed by atoms with Crippen LogP contribution in [0.1, 0.15) is 18.5 Å². The highest BCUT2D eigenvalue weighted by molar-refractivity contribution is 7.80. The van der Waals surface area contributed by atoms with Crippen molar-refractivity contribution < 1.29 is 9.84 Å². The molecule has 1 fully saturated rings. The van der Waals surface area contributed by atoms with E-state index in [1.807, 2.05) is 31.2 Å². The Bertz CT molecular complexity index is 479. The zero-order valence-electron chi connectivity index (χ0n) is 9.43. The van der Waals surface area contributed by atoms with Gasteiger partial charge in [-0.05, 0) is 25.2 Å². The predicted molar refractivity (Wildman–Crippen MR) is 67.7 cm³/mol. The van der Waals surface area contributed by atoms with Crippen molar-refractivity contribution >= 4 is 17.3 Å². The van der Waals surface area contributed by atoms with Crippen LogP contribution in [0, 0.1) is 5.92 Å². The van der Waals surface area contributed by atoms with Gasteiger partial charge in [0, 0.05) is 5.56 Å². The number of rotatable bonds is 1. The van der Waals surface area contributed by atoms with Crippen LogP contribution in [0.5, 0.6) is 5.75 Å². The molecule has 1 aromatic carbocycles. The molecule has 1 saturated heterocycles. The van der Waals surface area contributed by atoms with E-state index < -0.39 is 5.72 Å². The smallest absolute Gasteiger partial charge is 0.186 e. The standard InChI is InChI=1S/C12H14N2O2S/c1-12-8(6-15)10(13-11(17)14-12)7-4-2-3-5-9(7)16-12/h2-5,8,10,15H,6H2,1H3,(H2,13,14,17)/t8-,10-,12+/m1/s1. The molecule has 90 valence electrons. The summed E-state index contributed by atoms with van der Waals surface area (Å²) >= 11 is 5.18. The zero-order valence-corrected chi connectivity index (χ0v) is 10.3. The molecule has 0 aliphatic carbocycles. The van der Waals surface area contributed by atoms with E-state index >= 15 is 0 Å². The van der Waals surface area contributed by atoms with Crippen molar-refractivity contribution in [2.45, 2.75) is 18.7 Å². The second kappa shape index (κ2) is 3.58. The molecule has 0 aromatic heterocycles. The summed E-state index contributed by atoms with van der Waals surface area (Å²) in [5.41, 5.74) is 0.406. The van der Waals surface area contributed by atoms with Gasteiger partial charge in [-0.1, -0.05) is 18.2 Å². The van der Waals surface area contributed by atoms with Crippen LogP contribution < -0.4 is 15.4 Å². The number of benzene rings is 1. The Morgan fingerprint density at radius 3 is 3.00 bits per heavy atom. The molecule has 17 heavy (non-hydrogen) atoms. The van der Waals surface area contributed by atoms with Gasteiger partial charge >= 0.3 is 0 Å².